The first-order chi connectivity index (χ1) is 12.5. The number of aryl methyl sites for hydroxylation is 1. The monoisotopic (exact) mass is 420 g/mol. The van der Waals surface area contributed by atoms with Gasteiger partial charge < -0.3 is 0 Å². The van der Waals surface area contributed by atoms with Crippen LogP contribution < -0.4 is 4.72 Å². The summed E-state index contributed by atoms with van der Waals surface area (Å²) in [5.41, 5.74) is 0.684. The number of sulfonamides is 1. The molecular weight excluding hydrogens is 401 g/mol. The molecule has 3 rings (SSSR count). The third-order valence-corrected chi connectivity index (χ3v) is 7.11. The van der Waals surface area contributed by atoms with Crippen LogP contribution >= 0.6 is 11.3 Å². The molecule has 1 aromatic heterocycles. The molecule has 1 amide bonds. The third-order valence-electron chi connectivity index (χ3n) is 4.81. The van der Waals surface area contributed by atoms with Gasteiger partial charge in [-0.25, -0.2) is 18.1 Å². The van der Waals surface area contributed by atoms with Crippen LogP contribution in [0.2, 0.25) is 0 Å². The molecular formula is C17H19F3N2O3S2. The summed E-state index contributed by atoms with van der Waals surface area (Å²) in [6.45, 7) is 1.81. The van der Waals surface area contributed by atoms with E-state index in [4.69, 9.17) is 0 Å². The molecule has 1 heterocycles. The van der Waals surface area contributed by atoms with Gasteiger partial charge in [0.15, 0.2) is 0 Å². The number of hydrogen-bond donors (Lipinski definition) is 1. The van der Waals surface area contributed by atoms with E-state index in [2.05, 4.69) is 4.98 Å². The summed E-state index contributed by atoms with van der Waals surface area (Å²) in [6.07, 6.45) is -3.80. The van der Waals surface area contributed by atoms with E-state index in [1.807, 2.05) is 11.6 Å². The molecule has 148 valence electrons. The number of hydrogen-bond acceptors (Lipinski definition) is 5. The van der Waals surface area contributed by atoms with Gasteiger partial charge in [-0.15, -0.1) is 11.3 Å². The molecule has 0 radical (unpaired) electrons. The van der Waals surface area contributed by atoms with E-state index in [9.17, 15) is 26.4 Å². The van der Waals surface area contributed by atoms with Crippen LogP contribution in [0.25, 0.3) is 10.2 Å². The Morgan fingerprint density at radius 3 is 2.56 bits per heavy atom. The molecule has 1 fully saturated rings. The van der Waals surface area contributed by atoms with Crippen molar-refractivity contribution in [2.24, 2.45) is 11.8 Å². The summed E-state index contributed by atoms with van der Waals surface area (Å²) in [7, 11) is -4.03. The highest BCUT2D eigenvalue weighted by Crippen LogP contribution is 2.40. The fourth-order valence-electron chi connectivity index (χ4n) is 3.39. The van der Waals surface area contributed by atoms with Crippen molar-refractivity contribution in [1.29, 1.82) is 0 Å². The molecule has 0 bridgehead atoms. The minimum Gasteiger partial charge on any atom is -0.274 e. The number of nitrogens with one attached hydrogen (secondary N) is 1. The largest absolute Gasteiger partial charge is 0.391 e. The third kappa shape index (κ3) is 4.78. The second kappa shape index (κ2) is 7.38. The molecule has 1 saturated carbocycles. The van der Waals surface area contributed by atoms with Crippen molar-refractivity contribution in [2.75, 3.05) is 0 Å². The van der Waals surface area contributed by atoms with E-state index in [-0.39, 0.29) is 42.9 Å². The molecule has 27 heavy (non-hydrogen) atoms. The predicted molar refractivity (Wildman–Crippen MR) is 95.8 cm³/mol. The van der Waals surface area contributed by atoms with Gasteiger partial charge in [0.25, 0.3) is 10.0 Å². The van der Waals surface area contributed by atoms with Gasteiger partial charge in [-0.1, -0.05) is 0 Å². The molecule has 1 aliphatic rings. The first-order valence-corrected chi connectivity index (χ1v) is 10.8. The van der Waals surface area contributed by atoms with Crippen LogP contribution in [0.4, 0.5) is 13.2 Å². The zero-order chi connectivity index (χ0) is 19.8. The van der Waals surface area contributed by atoms with Crippen molar-refractivity contribution in [2.45, 2.75) is 50.1 Å². The second-order valence-electron chi connectivity index (χ2n) is 6.85. The Bertz CT molecular complexity index is 946. The van der Waals surface area contributed by atoms with E-state index in [1.165, 1.54) is 23.5 Å². The molecule has 0 spiro atoms. The number of aromatic nitrogens is 1. The molecule has 5 nitrogen and oxygen atoms in total. The maximum absolute atomic E-state index is 12.7. The first-order valence-electron chi connectivity index (χ1n) is 8.54. The van der Waals surface area contributed by atoms with E-state index in [1.54, 1.807) is 6.07 Å². The zero-order valence-electron chi connectivity index (χ0n) is 14.5. The summed E-state index contributed by atoms with van der Waals surface area (Å²) < 4.78 is 65.6. The lowest BCUT2D eigenvalue weighted by Crippen LogP contribution is -2.34. The van der Waals surface area contributed by atoms with Crippen molar-refractivity contribution in [1.82, 2.24) is 9.71 Å². The Hall–Kier alpha value is -1.68. The van der Waals surface area contributed by atoms with Crippen molar-refractivity contribution in [3.05, 3.63) is 23.2 Å². The Balaban J connectivity index is 1.61. The van der Waals surface area contributed by atoms with Crippen LogP contribution in [-0.2, 0) is 14.8 Å². The van der Waals surface area contributed by atoms with Crippen LogP contribution in [0.1, 0.15) is 37.1 Å². The topological polar surface area (TPSA) is 76.1 Å². The van der Waals surface area contributed by atoms with Gasteiger partial charge in [-0.3, -0.25) is 4.79 Å². The number of carbonyl (C=O) groups excluding carboxylic acids is 1. The normalized spacial score (nSPS) is 21.3. The molecule has 0 atom stereocenters. The van der Waals surface area contributed by atoms with Crippen LogP contribution in [0.3, 0.4) is 0 Å². The Morgan fingerprint density at radius 2 is 1.93 bits per heavy atom. The lowest BCUT2D eigenvalue weighted by molar-refractivity contribution is -0.184. The van der Waals surface area contributed by atoms with Crippen LogP contribution in [0.15, 0.2) is 23.1 Å². The van der Waals surface area contributed by atoms with Crippen LogP contribution in [-0.4, -0.2) is 25.5 Å². The molecule has 1 aromatic carbocycles. The average Bonchev–Trinajstić information content (AvgIpc) is 2.93. The Kier molecular flexibility index (Phi) is 5.49. The highest BCUT2D eigenvalue weighted by atomic mass is 32.2. The molecule has 1 N–H and O–H groups in total. The highest BCUT2D eigenvalue weighted by Gasteiger charge is 2.41. The number of rotatable bonds is 4. The fraction of sp³-hybridized carbons (Fsp3) is 0.529. The summed E-state index contributed by atoms with van der Waals surface area (Å²) in [4.78, 5) is 16.3. The summed E-state index contributed by atoms with van der Waals surface area (Å²) in [6, 6.07) is 4.42. The SMILES string of the molecule is Cc1nc2ccc(S(=O)(=O)NC(=O)CC3CCC(C(F)(F)F)CC3)cc2s1. The van der Waals surface area contributed by atoms with Crippen molar-refractivity contribution in [3.8, 4) is 0 Å². The first kappa shape index (κ1) is 20.1. The van der Waals surface area contributed by atoms with Gasteiger partial charge in [0, 0.05) is 6.42 Å². The van der Waals surface area contributed by atoms with Gasteiger partial charge in [-0.05, 0) is 56.7 Å². The van der Waals surface area contributed by atoms with Crippen molar-refractivity contribution >= 4 is 37.5 Å². The van der Waals surface area contributed by atoms with Gasteiger partial charge in [-0.2, -0.15) is 13.2 Å². The smallest absolute Gasteiger partial charge is 0.274 e. The standard InChI is InChI=1S/C17H19F3N2O3S2/c1-10-21-14-7-6-13(9-15(14)26-10)27(24,25)22-16(23)8-11-2-4-12(5-3-11)17(18,19)20/h6-7,9,11-12H,2-5,8H2,1H3,(H,22,23). The predicted octanol–water partition coefficient (Wildman–Crippen LogP) is 4.17. The van der Waals surface area contributed by atoms with Crippen LogP contribution in [0.5, 0.6) is 0 Å². The number of amides is 1. The lowest BCUT2D eigenvalue weighted by Gasteiger charge is -2.29. The zero-order valence-corrected chi connectivity index (χ0v) is 16.2. The molecule has 10 heteroatoms. The van der Waals surface area contributed by atoms with Gasteiger partial charge in [0.05, 0.1) is 26.0 Å². The molecule has 0 unspecified atom stereocenters. The number of alkyl halides is 3. The minimum absolute atomic E-state index is 0.0183. The number of fused-ring (bicyclic) bond motifs is 1. The van der Waals surface area contributed by atoms with Gasteiger partial charge in [0.2, 0.25) is 5.91 Å². The molecule has 0 aliphatic heterocycles. The van der Waals surface area contributed by atoms with E-state index < -0.39 is 28.0 Å². The molecule has 1 aliphatic carbocycles. The minimum atomic E-state index is -4.20. The fourth-order valence-corrected chi connectivity index (χ4v) is 5.36. The van der Waals surface area contributed by atoms with E-state index in [0.29, 0.717) is 10.2 Å². The van der Waals surface area contributed by atoms with Crippen LogP contribution in [0, 0.1) is 18.8 Å². The summed E-state index contributed by atoms with van der Waals surface area (Å²) in [5.74, 6) is -2.24. The number of carbonyl (C=O) groups is 1. The number of thiazole rings is 1. The lowest BCUT2D eigenvalue weighted by atomic mass is 9.80. The second-order valence-corrected chi connectivity index (χ2v) is 9.77. The summed E-state index contributed by atoms with van der Waals surface area (Å²) in [5, 5.41) is 0.804. The highest BCUT2D eigenvalue weighted by molar-refractivity contribution is 7.90. The van der Waals surface area contributed by atoms with E-state index in [0.717, 1.165) is 5.01 Å². The summed E-state index contributed by atoms with van der Waals surface area (Å²) >= 11 is 1.35. The number of halogens is 3. The van der Waals surface area contributed by atoms with Crippen molar-refractivity contribution < 1.29 is 26.4 Å². The maximum Gasteiger partial charge on any atom is 0.391 e. The average molecular weight is 420 g/mol. The number of benzene rings is 1. The Labute approximate surface area is 159 Å². The quantitative estimate of drug-likeness (QED) is 0.806. The molecule has 0 saturated heterocycles. The van der Waals surface area contributed by atoms with Gasteiger partial charge in [0.1, 0.15) is 0 Å². The van der Waals surface area contributed by atoms with E-state index >= 15 is 0 Å². The van der Waals surface area contributed by atoms with Gasteiger partial charge >= 0.3 is 6.18 Å². The van der Waals surface area contributed by atoms with Crippen molar-refractivity contribution in [3.63, 3.8) is 0 Å². The Morgan fingerprint density at radius 1 is 1.26 bits per heavy atom. The number of nitrogens with zero attached hydrogens (tertiary/aromatic N) is 1. The molecule has 2 aromatic rings. The maximum atomic E-state index is 12.7.